The predicted octanol–water partition coefficient (Wildman–Crippen LogP) is 3.25. The van der Waals surface area contributed by atoms with Crippen molar-refractivity contribution in [2.24, 2.45) is 0 Å². The average molecular weight is 327 g/mol. The van der Waals surface area contributed by atoms with E-state index in [4.69, 9.17) is 4.42 Å². The van der Waals surface area contributed by atoms with Gasteiger partial charge in [0.05, 0.1) is 12.0 Å². The molecular formula is C18H18FN3O2. The standard InChI is InChI=1S/C18H18FN3O2/c1-12-10-13(2)22(21-12)16(17-4-3-9-24-17)11-20-18(23)14-5-7-15(19)8-6-14/h3-10,16H,11H2,1-2H3,(H,20,23). The highest BCUT2D eigenvalue weighted by atomic mass is 19.1. The third kappa shape index (κ3) is 3.37. The molecule has 3 aromatic rings. The third-order valence-electron chi connectivity index (χ3n) is 3.77. The van der Waals surface area contributed by atoms with Gasteiger partial charge in [-0.05, 0) is 56.3 Å². The lowest BCUT2D eigenvalue weighted by Crippen LogP contribution is -2.32. The van der Waals surface area contributed by atoms with Crippen LogP contribution in [0.25, 0.3) is 0 Å². The molecule has 0 spiro atoms. The number of nitrogens with one attached hydrogen (secondary N) is 1. The molecule has 124 valence electrons. The molecule has 0 aliphatic heterocycles. The number of hydrogen-bond acceptors (Lipinski definition) is 3. The third-order valence-corrected chi connectivity index (χ3v) is 3.77. The monoisotopic (exact) mass is 327 g/mol. The average Bonchev–Trinajstić information content (AvgIpc) is 3.19. The van der Waals surface area contributed by atoms with Gasteiger partial charge >= 0.3 is 0 Å². The maximum atomic E-state index is 13.0. The van der Waals surface area contributed by atoms with Crippen molar-refractivity contribution in [3.63, 3.8) is 0 Å². The zero-order valence-electron chi connectivity index (χ0n) is 13.5. The first kappa shape index (κ1) is 16.0. The highest BCUT2D eigenvalue weighted by Gasteiger charge is 2.20. The van der Waals surface area contributed by atoms with Crippen molar-refractivity contribution in [1.82, 2.24) is 15.1 Å². The maximum Gasteiger partial charge on any atom is 0.251 e. The summed E-state index contributed by atoms with van der Waals surface area (Å²) < 4.78 is 20.3. The zero-order chi connectivity index (χ0) is 17.1. The molecule has 5 nitrogen and oxygen atoms in total. The molecule has 0 saturated carbocycles. The highest BCUT2D eigenvalue weighted by Crippen LogP contribution is 2.20. The number of aromatic nitrogens is 2. The summed E-state index contributed by atoms with van der Waals surface area (Å²) in [4.78, 5) is 12.3. The van der Waals surface area contributed by atoms with Crippen LogP contribution in [0.3, 0.4) is 0 Å². The lowest BCUT2D eigenvalue weighted by atomic mass is 10.2. The fourth-order valence-corrected chi connectivity index (χ4v) is 2.64. The summed E-state index contributed by atoms with van der Waals surface area (Å²) >= 11 is 0. The van der Waals surface area contributed by atoms with Gasteiger partial charge in [0.25, 0.3) is 5.91 Å². The molecule has 1 N–H and O–H groups in total. The fraction of sp³-hybridized carbons (Fsp3) is 0.222. The van der Waals surface area contributed by atoms with Gasteiger partial charge in [-0.1, -0.05) is 0 Å². The first-order valence-electron chi connectivity index (χ1n) is 7.64. The fourth-order valence-electron chi connectivity index (χ4n) is 2.64. The number of carbonyl (C=O) groups is 1. The molecule has 0 saturated heterocycles. The van der Waals surface area contributed by atoms with Gasteiger partial charge in [0, 0.05) is 17.8 Å². The number of hydrogen-bond donors (Lipinski definition) is 1. The Kier molecular flexibility index (Phi) is 4.46. The normalized spacial score (nSPS) is 12.1. The van der Waals surface area contributed by atoms with Crippen LogP contribution in [0.1, 0.15) is 33.5 Å². The van der Waals surface area contributed by atoms with Gasteiger partial charge in [-0.15, -0.1) is 0 Å². The van der Waals surface area contributed by atoms with Gasteiger partial charge < -0.3 is 9.73 Å². The van der Waals surface area contributed by atoms with Crippen LogP contribution >= 0.6 is 0 Å². The van der Waals surface area contributed by atoms with Crippen LogP contribution in [-0.2, 0) is 0 Å². The largest absolute Gasteiger partial charge is 0.467 e. The van der Waals surface area contributed by atoms with E-state index in [1.165, 1.54) is 24.3 Å². The molecule has 1 atom stereocenters. The molecule has 0 radical (unpaired) electrons. The molecule has 0 bridgehead atoms. The number of aryl methyl sites for hydroxylation is 2. The minimum Gasteiger partial charge on any atom is -0.467 e. The summed E-state index contributed by atoms with van der Waals surface area (Å²) in [6.45, 7) is 4.18. The Hall–Kier alpha value is -2.89. The quantitative estimate of drug-likeness (QED) is 0.782. The molecule has 1 unspecified atom stereocenters. The first-order chi connectivity index (χ1) is 11.5. The van der Waals surface area contributed by atoms with Crippen molar-refractivity contribution >= 4 is 5.91 Å². The number of rotatable bonds is 5. The van der Waals surface area contributed by atoms with Crippen LogP contribution < -0.4 is 5.32 Å². The summed E-state index contributed by atoms with van der Waals surface area (Å²) in [5.41, 5.74) is 2.28. The summed E-state index contributed by atoms with van der Waals surface area (Å²) in [6.07, 6.45) is 1.59. The topological polar surface area (TPSA) is 60.1 Å². The number of nitrogens with zero attached hydrogens (tertiary/aromatic N) is 2. The van der Waals surface area contributed by atoms with Crippen LogP contribution in [0, 0.1) is 19.7 Å². The lowest BCUT2D eigenvalue weighted by Gasteiger charge is -2.18. The van der Waals surface area contributed by atoms with E-state index in [2.05, 4.69) is 10.4 Å². The van der Waals surface area contributed by atoms with Crippen molar-refractivity contribution < 1.29 is 13.6 Å². The second kappa shape index (κ2) is 6.70. The predicted molar refractivity (Wildman–Crippen MR) is 87.3 cm³/mol. The second-order valence-corrected chi connectivity index (χ2v) is 5.62. The number of amides is 1. The van der Waals surface area contributed by atoms with Crippen LogP contribution in [0.15, 0.2) is 53.1 Å². The van der Waals surface area contributed by atoms with E-state index in [-0.39, 0.29) is 17.8 Å². The molecule has 3 rings (SSSR count). The first-order valence-corrected chi connectivity index (χ1v) is 7.64. The lowest BCUT2D eigenvalue weighted by molar-refractivity contribution is 0.0948. The van der Waals surface area contributed by atoms with Gasteiger partial charge in [-0.3, -0.25) is 9.48 Å². The van der Waals surface area contributed by atoms with Gasteiger partial charge in [-0.25, -0.2) is 4.39 Å². The molecule has 0 aliphatic carbocycles. The van der Waals surface area contributed by atoms with E-state index in [0.29, 0.717) is 17.9 Å². The maximum absolute atomic E-state index is 13.0. The number of benzene rings is 1. The van der Waals surface area contributed by atoms with Crippen LogP contribution in [0.4, 0.5) is 4.39 Å². The number of carbonyl (C=O) groups excluding carboxylic acids is 1. The van der Waals surface area contributed by atoms with E-state index in [9.17, 15) is 9.18 Å². The van der Waals surface area contributed by atoms with Gasteiger partial charge in [0.15, 0.2) is 0 Å². The van der Waals surface area contributed by atoms with E-state index in [1.807, 2.05) is 30.7 Å². The minimum absolute atomic E-state index is 0.252. The van der Waals surface area contributed by atoms with E-state index < -0.39 is 0 Å². The molecule has 6 heteroatoms. The van der Waals surface area contributed by atoms with Crippen molar-refractivity contribution in [2.45, 2.75) is 19.9 Å². The molecule has 2 aromatic heterocycles. The zero-order valence-corrected chi connectivity index (χ0v) is 13.5. The molecule has 0 fully saturated rings. The molecule has 24 heavy (non-hydrogen) atoms. The van der Waals surface area contributed by atoms with Crippen molar-refractivity contribution in [2.75, 3.05) is 6.54 Å². The Morgan fingerprint density at radius 2 is 2.04 bits per heavy atom. The minimum atomic E-state index is -0.373. The Morgan fingerprint density at radius 1 is 1.29 bits per heavy atom. The van der Waals surface area contributed by atoms with Gasteiger partial charge in [0.1, 0.15) is 17.6 Å². The van der Waals surface area contributed by atoms with Crippen LogP contribution in [0.5, 0.6) is 0 Å². The van der Waals surface area contributed by atoms with Gasteiger partial charge in [0.2, 0.25) is 0 Å². The summed E-state index contributed by atoms with van der Waals surface area (Å²) in [5, 5.41) is 7.34. The Balaban J connectivity index is 1.79. The SMILES string of the molecule is Cc1cc(C)n(C(CNC(=O)c2ccc(F)cc2)c2ccco2)n1. The molecule has 1 aromatic carbocycles. The van der Waals surface area contributed by atoms with Crippen LogP contribution in [0.2, 0.25) is 0 Å². The van der Waals surface area contributed by atoms with E-state index in [0.717, 1.165) is 11.4 Å². The Bertz CT molecular complexity index is 823. The molecule has 1 amide bonds. The van der Waals surface area contributed by atoms with Crippen molar-refractivity contribution in [3.05, 3.63) is 77.3 Å². The Morgan fingerprint density at radius 3 is 2.62 bits per heavy atom. The highest BCUT2D eigenvalue weighted by molar-refractivity contribution is 5.94. The summed E-state index contributed by atoms with van der Waals surface area (Å²) in [7, 11) is 0. The van der Waals surface area contributed by atoms with Gasteiger partial charge in [-0.2, -0.15) is 5.10 Å². The molecule has 2 heterocycles. The summed E-state index contributed by atoms with van der Waals surface area (Å²) in [5.74, 6) is 0.0661. The number of furan rings is 1. The smallest absolute Gasteiger partial charge is 0.251 e. The molecule has 0 aliphatic rings. The molecular weight excluding hydrogens is 309 g/mol. The Labute approximate surface area is 139 Å². The van der Waals surface area contributed by atoms with Crippen molar-refractivity contribution in [3.8, 4) is 0 Å². The van der Waals surface area contributed by atoms with Crippen LogP contribution in [-0.4, -0.2) is 22.2 Å². The summed E-state index contributed by atoms with van der Waals surface area (Å²) in [6, 6.07) is 10.8. The van der Waals surface area contributed by atoms with E-state index in [1.54, 1.807) is 12.3 Å². The van der Waals surface area contributed by atoms with E-state index >= 15 is 0 Å². The second-order valence-electron chi connectivity index (χ2n) is 5.62. The number of halogens is 1. The van der Waals surface area contributed by atoms with Crippen molar-refractivity contribution in [1.29, 1.82) is 0 Å².